The molecule has 0 unspecified atom stereocenters. The smallest absolute Gasteiger partial charge is 0.220 e. The van der Waals surface area contributed by atoms with Crippen LogP contribution < -0.4 is 16.1 Å². The number of carbonyl (C=O) groups excluding carboxylic acids is 1. The molecule has 0 saturated heterocycles. The Labute approximate surface area is 153 Å². The zero-order valence-corrected chi connectivity index (χ0v) is 15.7. The molecule has 7 nitrogen and oxygen atoms in total. The van der Waals surface area contributed by atoms with E-state index in [1.54, 1.807) is 11.5 Å². The molecule has 1 aromatic heterocycles. The Morgan fingerprint density at radius 2 is 1.92 bits per heavy atom. The third kappa shape index (κ3) is 5.15. The lowest BCUT2D eigenvalue weighted by atomic mass is 10.1. The summed E-state index contributed by atoms with van der Waals surface area (Å²) in [7, 11) is 0. The van der Waals surface area contributed by atoms with E-state index in [9.17, 15) is 4.79 Å². The molecular formula is C19H28N6O. The minimum absolute atomic E-state index is 0.0973. The van der Waals surface area contributed by atoms with Gasteiger partial charge in [0.05, 0.1) is 11.0 Å². The fourth-order valence-corrected chi connectivity index (χ4v) is 2.75. The van der Waals surface area contributed by atoms with Crippen LogP contribution in [0.15, 0.2) is 24.3 Å². The van der Waals surface area contributed by atoms with Gasteiger partial charge in [-0.05, 0) is 37.8 Å². The number of para-hydroxylation sites is 2. The molecule has 2 aromatic rings. The second-order valence-corrected chi connectivity index (χ2v) is 6.80. The molecular weight excluding hydrogens is 328 g/mol. The fourth-order valence-electron chi connectivity index (χ4n) is 2.75. The summed E-state index contributed by atoms with van der Waals surface area (Å²) >= 11 is 0. The third-order valence-corrected chi connectivity index (χ3v) is 3.95. The van der Waals surface area contributed by atoms with Crippen molar-refractivity contribution in [1.82, 2.24) is 14.9 Å². The first kappa shape index (κ1) is 19.6. The van der Waals surface area contributed by atoms with E-state index in [0.29, 0.717) is 31.2 Å². The molecule has 0 bridgehead atoms. The highest BCUT2D eigenvalue weighted by Gasteiger charge is 2.09. The number of rotatable bonds is 8. The lowest BCUT2D eigenvalue weighted by Gasteiger charge is -2.13. The number of benzene rings is 1. The summed E-state index contributed by atoms with van der Waals surface area (Å²) < 4.78 is 1.58. The summed E-state index contributed by atoms with van der Waals surface area (Å²) in [4.78, 5) is 16.1. The number of hydrogen-bond donors (Lipinski definition) is 4. The molecule has 1 heterocycles. The molecule has 7 heteroatoms. The number of carbonyl (C=O) groups is 1. The number of aromatic nitrogens is 2. The van der Waals surface area contributed by atoms with Crippen LogP contribution in [0.5, 0.6) is 0 Å². The monoisotopic (exact) mass is 356 g/mol. The van der Waals surface area contributed by atoms with Crippen molar-refractivity contribution in [2.45, 2.75) is 40.0 Å². The van der Waals surface area contributed by atoms with Crippen molar-refractivity contribution in [3.8, 4) is 0 Å². The van der Waals surface area contributed by atoms with Gasteiger partial charge in [0.2, 0.25) is 5.91 Å². The van der Waals surface area contributed by atoms with Crippen molar-refractivity contribution < 1.29 is 4.79 Å². The van der Waals surface area contributed by atoms with E-state index in [2.05, 4.69) is 15.6 Å². The number of hydrogen-bond acceptors (Lipinski definition) is 5. The Bertz CT molecular complexity index is 840. The number of nitrogens with zero attached hydrogens (tertiary/aromatic N) is 2. The Morgan fingerprint density at radius 3 is 2.62 bits per heavy atom. The van der Waals surface area contributed by atoms with Gasteiger partial charge in [0, 0.05) is 19.5 Å². The van der Waals surface area contributed by atoms with Crippen LogP contribution >= 0.6 is 0 Å². The van der Waals surface area contributed by atoms with Crippen LogP contribution in [0.1, 0.15) is 40.0 Å². The average Bonchev–Trinajstić information content (AvgIpc) is 2.57. The molecule has 1 aromatic carbocycles. The minimum Gasteiger partial charge on any atom is -0.367 e. The molecule has 0 radical (unpaired) electrons. The van der Waals surface area contributed by atoms with Crippen LogP contribution in [0.3, 0.4) is 0 Å². The van der Waals surface area contributed by atoms with Gasteiger partial charge in [-0.15, -0.1) is 0 Å². The van der Waals surface area contributed by atoms with Gasteiger partial charge in [0.1, 0.15) is 5.84 Å². The molecule has 0 atom stereocenters. The van der Waals surface area contributed by atoms with Crippen LogP contribution in [0.25, 0.3) is 11.0 Å². The lowest BCUT2D eigenvalue weighted by molar-refractivity contribution is -0.121. The van der Waals surface area contributed by atoms with Gasteiger partial charge in [-0.3, -0.25) is 20.2 Å². The first-order chi connectivity index (χ1) is 12.4. The van der Waals surface area contributed by atoms with Crippen molar-refractivity contribution in [2.24, 2.45) is 5.92 Å². The highest BCUT2D eigenvalue weighted by Crippen LogP contribution is 2.11. The number of unbranched alkanes of at least 4 members (excludes halogenated alkanes) is 1. The molecule has 0 aliphatic heterocycles. The van der Waals surface area contributed by atoms with Crippen molar-refractivity contribution in [3.63, 3.8) is 0 Å². The van der Waals surface area contributed by atoms with Crippen LogP contribution in [-0.2, 0) is 4.79 Å². The van der Waals surface area contributed by atoms with Crippen LogP contribution in [-0.4, -0.2) is 34.4 Å². The Hall–Kier alpha value is -2.70. The largest absolute Gasteiger partial charge is 0.367 e. The SMILES string of the molecule is CC(=N)n1c(=N)c(NCCCCNC(=O)CC(C)C)nc2ccccc21. The Morgan fingerprint density at radius 1 is 1.23 bits per heavy atom. The minimum atomic E-state index is 0.0973. The molecule has 0 saturated carbocycles. The van der Waals surface area contributed by atoms with Gasteiger partial charge >= 0.3 is 0 Å². The standard InChI is InChI=1S/C19H28N6O/c1-13(2)12-17(26)22-10-6-7-11-23-19-18(21)25(14(3)20)16-9-5-4-8-15(16)24-19/h4-5,8-9,13,20-21H,6-7,10-12H2,1-3H3,(H,22,26)(H,23,24). The van der Waals surface area contributed by atoms with E-state index in [1.807, 2.05) is 38.1 Å². The van der Waals surface area contributed by atoms with Crippen molar-refractivity contribution in [2.75, 3.05) is 18.4 Å². The highest BCUT2D eigenvalue weighted by molar-refractivity contribution is 5.90. The van der Waals surface area contributed by atoms with Crippen LogP contribution in [0.4, 0.5) is 5.82 Å². The van der Waals surface area contributed by atoms with Gasteiger partial charge in [0.25, 0.3) is 0 Å². The second kappa shape index (κ2) is 9.12. The van der Waals surface area contributed by atoms with E-state index >= 15 is 0 Å². The van der Waals surface area contributed by atoms with Crippen LogP contribution in [0.2, 0.25) is 0 Å². The normalized spacial score (nSPS) is 10.9. The predicted octanol–water partition coefficient (Wildman–Crippen LogP) is 2.72. The molecule has 0 fully saturated rings. The summed E-state index contributed by atoms with van der Waals surface area (Å²) in [6.07, 6.45) is 2.28. The highest BCUT2D eigenvalue weighted by atomic mass is 16.1. The summed E-state index contributed by atoms with van der Waals surface area (Å²) in [6.45, 7) is 7.04. The molecule has 26 heavy (non-hydrogen) atoms. The maximum absolute atomic E-state index is 11.6. The van der Waals surface area contributed by atoms with E-state index in [-0.39, 0.29) is 17.2 Å². The maximum Gasteiger partial charge on any atom is 0.220 e. The number of anilines is 1. The fraction of sp³-hybridized carbons (Fsp3) is 0.474. The van der Waals surface area contributed by atoms with Crippen molar-refractivity contribution >= 4 is 28.6 Å². The van der Waals surface area contributed by atoms with Crippen LogP contribution in [0, 0.1) is 16.7 Å². The van der Waals surface area contributed by atoms with Gasteiger partial charge in [-0.2, -0.15) is 0 Å². The van der Waals surface area contributed by atoms with Gasteiger partial charge in [-0.25, -0.2) is 4.98 Å². The number of nitrogens with one attached hydrogen (secondary N) is 4. The van der Waals surface area contributed by atoms with Crippen molar-refractivity contribution in [1.29, 1.82) is 10.8 Å². The van der Waals surface area contributed by atoms with E-state index in [4.69, 9.17) is 10.8 Å². The third-order valence-electron chi connectivity index (χ3n) is 3.95. The van der Waals surface area contributed by atoms with E-state index in [1.165, 1.54) is 0 Å². The Balaban J connectivity index is 1.93. The topological polar surface area (TPSA) is 107 Å². The molecule has 2 rings (SSSR count). The zero-order chi connectivity index (χ0) is 19.1. The summed E-state index contributed by atoms with van der Waals surface area (Å²) in [5, 5.41) is 22.4. The first-order valence-electron chi connectivity index (χ1n) is 9.02. The zero-order valence-electron chi connectivity index (χ0n) is 15.7. The summed E-state index contributed by atoms with van der Waals surface area (Å²) in [5.41, 5.74) is 1.68. The van der Waals surface area contributed by atoms with Gasteiger partial charge in [0.15, 0.2) is 11.3 Å². The molecule has 1 amide bonds. The summed E-state index contributed by atoms with van der Waals surface area (Å²) in [6, 6.07) is 7.52. The quantitative estimate of drug-likeness (QED) is 0.332. The second-order valence-electron chi connectivity index (χ2n) is 6.80. The van der Waals surface area contributed by atoms with E-state index in [0.717, 1.165) is 23.9 Å². The molecule has 0 aliphatic rings. The number of fused-ring (bicyclic) bond motifs is 1. The lowest BCUT2D eigenvalue weighted by Crippen LogP contribution is -2.29. The predicted molar refractivity (Wildman–Crippen MR) is 105 cm³/mol. The molecule has 0 aliphatic carbocycles. The van der Waals surface area contributed by atoms with Gasteiger partial charge in [-0.1, -0.05) is 26.0 Å². The molecule has 140 valence electrons. The molecule has 0 spiro atoms. The van der Waals surface area contributed by atoms with E-state index < -0.39 is 0 Å². The summed E-state index contributed by atoms with van der Waals surface area (Å²) in [5.74, 6) is 1.22. The molecule has 4 N–H and O–H groups in total. The average molecular weight is 356 g/mol. The van der Waals surface area contributed by atoms with Gasteiger partial charge < -0.3 is 10.6 Å². The van der Waals surface area contributed by atoms with Crippen molar-refractivity contribution in [3.05, 3.63) is 29.8 Å². The first-order valence-corrected chi connectivity index (χ1v) is 9.02. The Kier molecular flexibility index (Phi) is 6.89. The maximum atomic E-state index is 11.6. The number of amides is 1.